The zero-order valence-corrected chi connectivity index (χ0v) is 14.9. The zero-order chi connectivity index (χ0) is 17.3. The minimum atomic E-state index is -0.864. The molecule has 0 aliphatic carbocycles. The summed E-state index contributed by atoms with van der Waals surface area (Å²) in [6, 6.07) is 5.44. The Balaban J connectivity index is 0.00000225. The lowest BCUT2D eigenvalue weighted by Crippen LogP contribution is -2.50. The Labute approximate surface area is 151 Å². The molecule has 4 nitrogen and oxygen atoms in total. The molecule has 7 heteroatoms. The minimum absolute atomic E-state index is 0. The molecule has 2 aromatic rings. The molecule has 0 saturated carbocycles. The Morgan fingerprint density at radius 3 is 2.64 bits per heavy atom. The third kappa shape index (κ3) is 4.19. The molecule has 1 aliphatic rings. The topological polar surface area (TPSA) is 54.3 Å². The van der Waals surface area contributed by atoms with Gasteiger partial charge in [-0.2, -0.15) is 0 Å². The van der Waals surface area contributed by atoms with Gasteiger partial charge >= 0.3 is 0 Å². The quantitative estimate of drug-likeness (QED) is 0.869. The van der Waals surface area contributed by atoms with Crippen molar-refractivity contribution >= 4 is 18.3 Å². The Kier molecular flexibility index (Phi) is 6.19. The van der Waals surface area contributed by atoms with Crippen molar-refractivity contribution in [3.05, 3.63) is 58.5 Å². The molecule has 136 valence electrons. The molecular weight excluding hydrogens is 350 g/mol. The van der Waals surface area contributed by atoms with E-state index in [2.05, 4.69) is 10.6 Å². The first-order valence-electron chi connectivity index (χ1n) is 7.99. The van der Waals surface area contributed by atoms with E-state index in [0.717, 1.165) is 19.0 Å². The van der Waals surface area contributed by atoms with Crippen LogP contribution < -0.4 is 10.6 Å². The smallest absolute Gasteiger partial charge is 0.255 e. The van der Waals surface area contributed by atoms with E-state index in [1.54, 1.807) is 26.0 Å². The summed E-state index contributed by atoms with van der Waals surface area (Å²) in [6.07, 6.45) is 0.736. The highest BCUT2D eigenvalue weighted by Gasteiger charge is 2.29. The van der Waals surface area contributed by atoms with Gasteiger partial charge in [0, 0.05) is 18.5 Å². The number of aryl methyl sites for hydroxylation is 2. The highest BCUT2D eigenvalue weighted by molar-refractivity contribution is 5.95. The predicted octanol–water partition coefficient (Wildman–Crippen LogP) is 3.47. The number of hydrogen-bond donors (Lipinski definition) is 2. The third-order valence-corrected chi connectivity index (χ3v) is 4.46. The molecular formula is C18H21ClF2N2O2. The maximum Gasteiger partial charge on any atom is 0.255 e. The number of furan rings is 1. The molecule has 0 radical (unpaired) electrons. The monoisotopic (exact) mass is 370 g/mol. The van der Waals surface area contributed by atoms with E-state index in [-0.39, 0.29) is 30.3 Å². The van der Waals surface area contributed by atoms with Crippen LogP contribution >= 0.6 is 12.4 Å². The number of carbonyl (C=O) groups excluding carboxylic acids is 1. The van der Waals surface area contributed by atoms with Crippen LogP contribution in [0.2, 0.25) is 0 Å². The molecule has 2 N–H and O–H groups in total. The fourth-order valence-corrected chi connectivity index (χ4v) is 3.25. The van der Waals surface area contributed by atoms with Gasteiger partial charge in [-0.3, -0.25) is 4.79 Å². The lowest BCUT2D eigenvalue weighted by Gasteiger charge is -2.33. The summed E-state index contributed by atoms with van der Waals surface area (Å²) in [4.78, 5) is 12.5. The highest BCUT2D eigenvalue weighted by atomic mass is 35.5. The van der Waals surface area contributed by atoms with Crippen LogP contribution in [0, 0.1) is 25.5 Å². The standard InChI is InChI=1S/C18H20F2N2O2.ClH/c1-10-7-14(11(2)24-10)18(23)22-17-9-21-6-5-13(17)12-3-4-15(19)16(20)8-12;/h3-4,7-8,13,17,21H,5-6,9H2,1-2H3,(H,22,23);1H. The number of piperidine rings is 1. The maximum absolute atomic E-state index is 13.6. The highest BCUT2D eigenvalue weighted by Crippen LogP contribution is 2.27. The summed E-state index contributed by atoms with van der Waals surface area (Å²) >= 11 is 0. The number of nitrogens with one attached hydrogen (secondary N) is 2. The van der Waals surface area contributed by atoms with Crippen LogP contribution in [-0.2, 0) is 0 Å². The van der Waals surface area contributed by atoms with Crippen LogP contribution in [-0.4, -0.2) is 25.0 Å². The fourth-order valence-electron chi connectivity index (χ4n) is 3.25. The first kappa shape index (κ1) is 19.4. The van der Waals surface area contributed by atoms with E-state index < -0.39 is 11.6 Å². The van der Waals surface area contributed by atoms with Crippen molar-refractivity contribution in [1.29, 1.82) is 0 Å². The molecule has 1 amide bonds. The Morgan fingerprint density at radius 2 is 2.00 bits per heavy atom. The van der Waals surface area contributed by atoms with Crippen molar-refractivity contribution in [2.45, 2.75) is 32.2 Å². The van der Waals surface area contributed by atoms with Gasteiger partial charge in [0.15, 0.2) is 11.6 Å². The van der Waals surface area contributed by atoms with E-state index in [1.165, 1.54) is 6.07 Å². The molecule has 25 heavy (non-hydrogen) atoms. The molecule has 2 unspecified atom stereocenters. The summed E-state index contributed by atoms with van der Waals surface area (Å²) in [5, 5.41) is 6.23. The number of rotatable bonds is 3. The van der Waals surface area contributed by atoms with E-state index in [1.807, 2.05) is 0 Å². The number of hydrogen-bond acceptors (Lipinski definition) is 3. The van der Waals surface area contributed by atoms with Crippen LogP contribution in [0.15, 0.2) is 28.7 Å². The second-order valence-electron chi connectivity index (χ2n) is 6.18. The van der Waals surface area contributed by atoms with Gasteiger partial charge in [-0.25, -0.2) is 8.78 Å². The van der Waals surface area contributed by atoms with Crippen LogP contribution in [0.3, 0.4) is 0 Å². The van der Waals surface area contributed by atoms with Crippen LogP contribution in [0.4, 0.5) is 8.78 Å². The second-order valence-corrected chi connectivity index (χ2v) is 6.18. The van der Waals surface area contributed by atoms with E-state index in [9.17, 15) is 13.6 Å². The summed E-state index contributed by atoms with van der Waals surface area (Å²) in [6.45, 7) is 4.87. The number of benzene rings is 1. The second kappa shape index (κ2) is 7.97. The average Bonchev–Trinajstić information content (AvgIpc) is 2.89. The van der Waals surface area contributed by atoms with Crippen LogP contribution in [0.25, 0.3) is 0 Å². The molecule has 3 rings (SSSR count). The number of halogens is 3. The van der Waals surface area contributed by atoms with E-state index in [4.69, 9.17) is 4.42 Å². The third-order valence-electron chi connectivity index (χ3n) is 4.46. The van der Waals surface area contributed by atoms with Gasteiger partial charge in [0.1, 0.15) is 11.5 Å². The number of amides is 1. The predicted molar refractivity (Wildman–Crippen MR) is 93.3 cm³/mol. The van der Waals surface area contributed by atoms with Crippen molar-refractivity contribution in [3.8, 4) is 0 Å². The molecule has 2 atom stereocenters. The Bertz CT molecular complexity index is 764. The van der Waals surface area contributed by atoms with Crippen LogP contribution in [0.5, 0.6) is 0 Å². The minimum Gasteiger partial charge on any atom is -0.466 e. The summed E-state index contributed by atoms with van der Waals surface area (Å²) in [7, 11) is 0. The lowest BCUT2D eigenvalue weighted by atomic mass is 9.85. The van der Waals surface area contributed by atoms with Crippen molar-refractivity contribution in [1.82, 2.24) is 10.6 Å². The summed E-state index contributed by atoms with van der Waals surface area (Å²) < 4.78 is 32.1. The van der Waals surface area contributed by atoms with E-state index >= 15 is 0 Å². The first-order chi connectivity index (χ1) is 11.5. The van der Waals surface area contributed by atoms with Gasteiger partial charge in [0.2, 0.25) is 0 Å². The molecule has 0 spiro atoms. The lowest BCUT2D eigenvalue weighted by molar-refractivity contribution is 0.0923. The Morgan fingerprint density at radius 1 is 1.24 bits per heavy atom. The largest absolute Gasteiger partial charge is 0.466 e. The average molecular weight is 371 g/mol. The summed E-state index contributed by atoms with van der Waals surface area (Å²) in [5.41, 5.74) is 1.20. The van der Waals surface area contributed by atoms with Gasteiger partial charge in [0.25, 0.3) is 5.91 Å². The normalized spacial score (nSPS) is 20.0. The maximum atomic E-state index is 13.6. The van der Waals surface area contributed by atoms with Crippen LogP contribution in [0.1, 0.15) is 39.8 Å². The van der Waals surface area contributed by atoms with Gasteiger partial charge in [-0.15, -0.1) is 12.4 Å². The van der Waals surface area contributed by atoms with Gasteiger partial charge in [-0.1, -0.05) is 6.07 Å². The first-order valence-corrected chi connectivity index (χ1v) is 7.99. The Hall–Kier alpha value is -1.92. The van der Waals surface area contributed by atoms with Crippen molar-refractivity contribution in [2.75, 3.05) is 13.1 Å². The van der Waals surface area contributed by atoms with Gasteiger partial charge < -0.3 is 15.1 Å². The molecule has 1 aromatic heterocycles. The SMILES string of the molecule is Cc1cc(C(=O)NC2CNCCC2c2ccc(F)c(F)c2)c(C)o1.Cl. The molecule has 2 heterocycles. The van der Waals surface area contributed by atoms with Crippen molar-refractivity contribution < 1.29 is 18.0 Å². The fraction of sp³-hybridized carbons (Fsp3) is 0.389. The van der Waals surface area contributed by atoms with Gasteiger partial charge in [-0.05, 0) is 50.6 Å². The molecule has 1 fully saturated rings. The van der Waals surface area contributed by atoms with Gasteiger partial charge in [0.05, 0.1) is 5.56 Å². The molecule has 1 saturated heterocycles. The molecule has 1 aromatic carbocycles. The molecule has 0 bridgehead atoms. The zero-order valence-electron chi connectivity index (χ0n) is 14.1. The van der Waals surface area contributed by atoms with E-state index in [0.29, 0.717) is 29.2 Å². The number of carbonyl (C=O) groups is 1. The summed E-state index contributed by atoms with van der Waals surface area (Å²) in [5.74, 6) is -0.769. The van der Waals surface area contributed by atoms with Crippen molar-refractivity contribution in [2.24, 2.45) is 0 Å². The van der Waals surface area contributed by atoms with Crippen molar-refractivity contribution in [3.63, 3.8) is 0 Å². The molecule has 1 aliphatic heterocycles.